The van der Waals surface area contributed by atoms with Crippen molar-refractivity contribution in [3.63, 3.8) is 0 Å². The molecule has 100 valence electrons. The fourth-order valence-corrected chi connectivity index (χ4v) is 1.81. The zero-order chi connectivity index (χ0) is 13.5. The Hall–Kier alpha value is -1.78. The Balaban J connectivity index is 2.81. The van der Waals surface area contributed by atoms with Gasteiger partial charge in [-0.3, -0.25) is 10.1 Å². The van der Waals surface area contributed by atoms with Crippen molar-refractivity contribution >= 4 is 17.1 Å². The second kappa shape index (κ2) is 6.83. The second-order valence-corrected chi connectivity index (χ2v) is 4.46. The van der Waals surface area contributed by atoms with Gasteiger partial charge >= 0.3 is 0 Å². The molecule has 0 spiro atoms. The third kappa shape index (κ3) is 4.24. The summed E-state index contributed by atoms with van der Waals surface area (Å²) < 4.78 is 0. The number of nitrogens with one attached hydrogen (secondary N) is 2. The topological polar surface area (TPSA) is 67.2 Å². The molecule has 2 N–H and O–H groups in total. The minimum absolute atomic E-state index is 0.104. The van der Waals surface area contributed by atoms with Crippen LogP contribution in [0.15, 0.2) is 18.2 Å². The summed E-state index contributed by atoms with van der Waals surface area (Å²) in [5, 5.41) is 17.1. The second-order valence-electron chi connectivity index (χ2n) is 4.46. The van der Waals surface area contributed by atoms with Crippen molar-refractivity contribution in [3.05, 3.63) is 28.3 Å². The lowest BCUT2D eigenvalue weighted by molar-refractivity contribution is -0.384. The molecule has 0 aliphatic carbocycles. The van der Waals surface area contributed by atoms with Gasteiger partial charge in [-0.2, -0.15) is 0 Å². The van der Waals surface area contributed by atoms with E-state index >= 15 is 0 Å². The van der Waals surface area contributed by atoms with E-state index in [4.69, 9.17) is 0 Å². The summed E-state index contributed by atoms with van der Waals surface area (Å²) in [5.74, 6) is 0. The van der Waals surface area contributed by atoms with E-state index in [0.29, 0.717) is 6.04 Å². The van der Waals surface area contributed by atoms with Gasteiger partial charge in [0.05, 0.1) is 4.92 Å². The maximum Gasteiger partial charge on any atom is 0.273 e. The standard InChI is InChI=1S/C13H21N3O2/c1-4-5-6-10(2)15-12-7-11(14-3)8-13(9-12)16(17)18/h7-10,14-15H,4-6H2,1-3H3. The van der Waals surface area contributed by atoms with E-state index < -0.39 is 0 Å². The summed E-state index contributed by atoms with van der Waals surface area (Å²) in [6, 6.07) is 5.30. The number of nitro groups is 1. The molecular formula is C13H21N3O2. The number of benzene rings is 1. The molecule has 0 fully saturated rings. The summed E-state index contributed by atoms with van der Waals surface area (Å²) in [6.45, 7) is 4.24. The molecule has 0 radical (unpaired) electrons. The Bertz CT molecular complexity index is 407. The van der Waals surface area contributed by atoms with Crippen LogP contribution in [0.2, 0.25) is 0 Å². The number of hydrogen-bond acceptors (Lipinski definition) is 4. The van der Waals surface area contributed by atoms with E-state index in [1.807, 2.05) is 6.07 Å². The number of rotatable bonds is 7. The maximum atomic E-state index is 10.8. The van der Waals surface area contributed by atoms with Crippen LogP contribution >= 0.6 is 0 Å². The van der Waals surface area contributed by atoms with Gasteiger partial charge < -0.3 is 10.6 Å². The fourth-order valence-electron chi connectivity index (χ4n) is 1.81. The SMILES string of the molecule is CCCCC(C)Nc1cc(NC)cc([N+](=O)[O-])c1. The first kappa shape index (κ1) is 14.3. The van der Waals surface area contributed by atoms with Crippen molar-refractivity contribution in [1.29, 1.82) is 0 Å². The molecule has 0 bridgehead atoms. The molecule has 0 aliphatic heterocycles. The third-order valence-corrected chi connectivity index (χ3v) is 2.82. The summed E-state index contributed by atoms with van der Waals surface area (Å²) in [7, 11) is 1.75. The van der Waals surface area contributed by atoms with Gasteiger partial charge in [0.1, 0.15) is 0 Å². The van der Waals surface area contributed by atoms with Crippen LogP contribution in [0.1, 0.15) is 33.1 Å². The minimum atomic E-state index is -0.372. The van der Waals surface area contributed by atoms with Crippen LogP contribution in [0.25, 0.3) is 0 Å². The highest BCUT2D eigenvalue weighted by Gasteiger charge is 2.10. The van der Waals surface area contributed by atoms with Crippen LogP contribution < -0.4 is 10.6 Å². The minimum Gasteiger partial charge on any atom is -0.388 e. The van der Waals surface area contributed by atoms with Crippen LogP contribution in [0, 0.1) is 10.1 Å². The first-order valence-corrected chi connectivity index (χ1v) is 6.30. The molecule has 1 rings (SSSR count). The first-order chi connectivity index (χ1) is 8.56. The van der Waals surface area contributed by atoms with E-state index in [0.717, 1.165) is 30.6 Å². The Morgan fingerprint density at radius 3 is 2.56 bits per heavy atom. The zero-order valence-electron chi connectivity index (χ0n) is 11.2. The number of nitrogens with zero attached hydrogens (tertiary/aromatic N) is 1. The lowest BCUT2D eigenvalue weighted by Crippen LogP contribution is -2.15. The Kier molecular flexibility index (Phi) is 5.42. The van der Waals surface area contributed by atoms with Gasteiger partial charge in [0, 0.05) is 36.6 Å². The largest absolute Gasteiger partial charge is 0.388 e. The summed E-state index contributed by atoms with van der Waals surface area (Å²) >= 11 is 0. The van der Waals surface area contributed by atoms with Gasteiger partial charge in [-0.1, -0.05) is 19.8 Å². The molecule has 5 heteroatoms. The van der Waals surface area contributed by atoms with E-state index in [1.54, 1.807) is 13.1 Å². The van der Waals surface area contributed by atoms with Gasteiger partial charge in [0.15, 0.2) is 0 Å². The van der Waals surface area contributed by atoms with Crippen LogP contribution in [0.5, 0.6) is 0 Å². The van der Waals surface area contributed by atoms with E-state index in [1.165, 1.54) is 6.07 Å². The predicted octanol–water partition coefficient (Wildman–Crippen LogP) is 3.63. The van der Waals surface area contributed by atoms with Gasteiger partial charge in [-0.25, -0.2) is 0 Å². The van der Waals surface area contributed by atoms with Crippen LogP contribution in [-0.4, -0.2) is 18.0 Å². The summed E-state index contributed by atoms with van der Waals surface area (Å²) in [4.78, 5) is 10.5. The average molecular weight is 251 g/mol. The highest BCUT2D eigenvalue weighted by molar-refractivity contribution is 5.63. The molecule has 0 saturated heterocycles. The molecular weight excluding hydrogens is 230 g/mol. The number of unbranched alkanes of at least 4 members (excludes halogenated alkanes) is 1. The monoisotopic (exact) mass is 251 g/mol. The highest BCUT2D eigenvalue weighted by atomic mass is 16.6. The van der Waals surface area contributed by atoms with Crippen molar-refractivity contribution in [2.45, 2.75) is 39.2 Å². The van der Waals surface area contributed by atoms with Gasteiger partial charge in [0.2, 0.25) is 0 Å². The van der Waals surface area contributed by atoms with Crippen molar-refractivity contribution in [2.75, 3.05) is 17.7 Å². The molecule has 0 aromatic heterocycles. The molecule has 1 unspecified atom stereocenters. The molecule has 1 aromatic carbocycles. The lowest BCUT2D eigenvalue weighted by atomic mass is 10.1. The number of nitro benzene ring substituents is 1. The lowest BCUT2D eigenvalue weighted by Gasteiger charge is -2.15. The van der Waals surface area contributed by atoms with Gasteiger partial charge in [-0.15, -0.1) is 0 Å². The molecule has 0 aliphatic rings. The quantitative estimate of drug-likeness (QED) is 0.573. The van der Waals surface area contributed by atoms with E-state index in [-0.39, 0.29) is 10.6 Å². The van der Waals surface area contributed by atoms with Gasteiger partial charge in [0.25, 0.3) is 5.69 Å². The van der Waals surface area contributed by atoms with Crippen LogP contribution in [0.3, 0.4) is 0 Å². The van der Waals surface area contributed by atoms with Gasteiger partial charge in [-0.05, 0) is 19.4 Å². The number of anilines is 2. The number of hydrogen-bond donors (Lipinski definition) is 2. The molecule has 0 saturated carbocycles. The van der Waals surface area contributed by atoms with Crippen molar-refractivity contribution in [1.82, 2.24) is 0 Å². The van der Waals surface area contributed by atoms with E-state index in [2.05, 4.69) is 24.5 Å². The normalized spacial score (nSPS) is 11.9. The first-order valence-electron chi connectivity index (χ1n) is 6.30. The van der Waals surface area contributed by atoms with E-state index in [9.17, 15) is 10.1 Å². The highest BCUT2D eigenvalue weighted by Crippen LogP contribution is 2.25. The number of non-ortho nitro benzene ring substituents is 1. The summed E-state index contributed by atoms with van der Waals surface area (Å²) in [6.07, 6.45) is 3.37. The zero-order valence-corrected chi connectivity index (χ0v) is 11.2. The molecule has 18 heavy (non-hydrogen) atoms. The third-order valence-electron chi connectivity index (χ3n) is 2.82. The maximum absolute atomic E-state index is 10.8. The van der Waals surface area contributed by atoms with Crippen molar-refractivity contribution < 1.29 is 4.92 Å². The van der Waals surface area contributed by atoms with Crippen molar-refractivity contribution in [2.24, 2.45) is 0 Å². The molecule has 5 nitrogen and oxygen atoms in total. The van der Waals surface area contributed by atoms with Crippen molar-refractivity contribution in [3.8, 4) is 0 Å². The average Bonchev–Trinajstić information content (AvgIpc) is 2.35. The fraction of sp³-hybridized carbons (Fsp3) is 0.538. The Labute approximate surface area is 108 Å². The Morgan fingerprint density at radius 2 is 2.00 bits per heavy atom. The molecule has 1 atom stereocenters. The molecule has 0 heterocycles. The molecule has 1 aromatic rings. The predicted molar refractivity (Wildman–Crippen MR) is 75.3 cm³/mol. The smallest absolute Gasteiger partial charge is 0.273 e. The van der Waals surface area contributed by atoms with Crippen LogP contribution in [-0.2, 0) is 0 Å². The molecule has 0 amide bonds. The van der Waals surface area contributed by atoms with Crippen LogP contribution in [0.4, 0.5) is 17.1 Å². The summed E-state index contributed by atoms with van der Waals surface area (Å²) in [5.41, 5.74) is 1.64. The Morgan fingerprint density at radius 1 is 1.33 bits per heavy atom.